The highest BCUT2D eigenvalue weighted by Crippen LogP contribution is 2.43. The number of methoxy groups -OCH3 is 2. The zero-order valence-corrected chi connectivity index (χ0v) is 85.8. The first kappa shape index (κ1) is 123. The fourth-order valence-corrected chi connectivity index (χ4v) is 18.2. The summed E-state index contributed by atoms with van der Waals surface area (Å²) in [5.41, 5.74) is 18.1. The number of β-amino-alcohol motifs (C(OH)–C–C–N with tert-alkyl or cyclic N) is 1. The van der Waals surface area contributed by atoms with Crippen molar-refractivity contribution in [2.24, 2.45) is 17.2 Å². The smallest absolute Gasteiger partial charge is 0.302 e. The standard InChI is InChI=1S/C99H156N12O32S2/c1-66(112)137-60-76-56-78(116)90(100)95(141-76)134-47-14-11-24-81(118)103-40-18-43-106-85(122)37-50-131-63-98(64-132-51-38-86(123)107-44-19-41-104-82(119)25-12-15-48-135-96-91(101)79(117)57-77(142-96)61-138-67(2)113,65-133-52-39-87(124)108-45-20-42-105-83(120)26-13-16-49-136-97-92(102)94(128)93(127)80(143-97)62-139-68(3)114)110-88(125)27-10-9-23-84(121)109-46-54-145-144-53-17-28-89(126)111-58-73(115)55-72(111)59-140-99(69-21-7-6-8-22-69,70-29-33-74(129-4)34-30-70)71-31-35-75(130-5)36-32-71/h6-8,21-22,29-36,72-73,76-80,90-97,115-117,127-128H,9-20,23-28,37-65,100-102H2,1-5H3,(H,103,118)(H,104,119)(H,105,120)(H,106,122)(H,107,123)(H,108,124)(H,109,121)(H,110,125)/t72-,73+,76?,77?,78?,79?,80?,90?,91?,92?,93?,94?,95?,96?,97?,98?/m0/s1. The van der Waals surface area contributed by atoms with E-state index in [0.29, 0.717) is 107 Å². The minimum Gasteiger partial charge on any atom is -0.497 e. The summed E-state index contributed by atoms with van der Waals surface area (Å²) in [5.74, 6) is -1.65. The van der Waals surface area contributed by atoms with Gasteiger partial charge in [-0.3, -0.25) is 57.5 Å². The molecule has 4 fully saturated rings. The number of nitrogens with one attached hydrogen (secondary N) is 8. The van der Waals surface area contributed by atoms with Gasteiger partial charge in [0.2, 0.25) is 53.2 Å². The maximum absolute atomic E-state index is 14.2. The number of likely N-dealkylation sites (tertiary alicyclic amines) is 1. The quantitative estimate of drug-likeness (QED) is 0.0125. The second-order valence-corrected chi connectivity index (χ2v) is 38.8. The first-order valence-electron chi connectivity index (χ1n) is 50.1. The van der Waals surface area contributed by atoms with E-state index >= 15 is 0 Å². The van der Waals surface area contributed by atoms with Crippen molar-refractivity contribution in [3.05, 3.63) is 95.6 Å². The van der Waals surface area contributed by atoms with Crippen molar-refractivity contribution >= 4 is 92.7 Å². The summed E-state index contributed by atoms with van der Waals surface area (Å²) >= 11 is 0. The second-order valence-electron chi connectivity index (χ2n) is 36.1. The van der Waals surface area contributed by atoms with Crippen LogP contribution < -0.4 is 69.2 Å². The molecule has 46 heteroatoms. The zero-order chi connectivity index (χ0) is 105. The van der Waals surface area contributed by atoms with E-state index in [4.69, 9.17) is 88.3 Å². The normalized spacial score (nSPS) is 21.9. The monoisotopic (exact) mass is 2090 g/mol. The Bertz CT molecular complexity index is 4170. The topological polar surface area (TPSA) is 622 Å². The molecule has 3 aromatic carbocycles. The SMILES string of the molecule is COc1ccc(C(OC[C@@H]2C[C@@H](O)CN2C(=O)CCCSSCCNC(=O)CCCCC(=O)NC(COCCC(=O)NCCCNC(=O)CCCCOC2OC(COC(C)=O)CC(O)C2N)(COCCC(=O)NCCCNC(=O)CCCCOC2OC(COC(C)=O)CC(O)C2N)COCCC(=O)NCCCNC(=O)CCCCOC2OC(COC(C)=O)C(O)C(O)C2N)(c2ccccc2)c2ccc(OC)cc2)cc1. The number of esters is 3. The molecule has 0 saturated carbocycles. The number of unbranched alkanes of at least 4 members (excludes halogenated alkanes) is 4. The maximum Gasteiger partial charge on any atom is 0.302 e. The Morgan fingerprint density at radius 3 is 1.18 bits per heavy atom. The van der Waals surface area contributed by atoms with E-state index in [-0.39, 0.29) is 250 Å². The first-order valence-corrected chi connectivity index (χ1v) is 52.6. The minimum atomic E-state index is -1.50. The van der Waals surface area contributed by atoms with Gasteiger partial charge in [0.15, 0.2) is 18.9 Å². The van der Waals surface area contributed by atoms with Crippen LogP contribution in [-0.2, 0) is 125 Å². The molecule has 0 radical (unpaired) electrons. The fraction of sp³-hybridized carbons (Fsp3) is 0.697. The predicted octanol–water partition coefficient (Wildman–Crippen LogP) is 1.39. The molecule has 0 aromatic heterocycles. The largest absolute Gasteiger partial charge is 0.497 e. The van der Waals surface area contributed by atoms with Crippen molar-refractivity contribution in [1.82, 2.24) is 47.4 Å². The number of hydrogen-bond acceptors (Lipinski definition) is 37. The van der Waals surface area contributed by atoms with Gasteiger partial charge in [0.1, 0.15) is 60.8 Å². The molecule has 4 saturated heterocycles. The number of hydrogen-bond donors (Lipinski definition) is 16. The van der Waals surface area contributed by atoms with Gasteiger partial charge in [-0.1, -0.05) is 76.2 Å². The van der Waals surface area contributed by atoms with E-state index in [2.05, 4.69) is 42.5 Å². The van der Waals surface area contributed by atoms with Crippen LogP contribution in [0.15, 0.2) is 78.9 Å². The van der Waals surface area contributed by atoms with E-state index in [0.717, 1.165) is 16.7 Å². The lowest BCUT2D eigenvalue weighted by Gasteiger charge is -2.40. The molecule has 3 aromatic rings. The number of aliphatic hydroxyl groups is 5. The van der Waals surface area contributed by atoms with Gasteiger partial charge in [-0.25, -0.2) is 0 Å². The fourth-order valence-electron chi connectivity index (χ4n) is 16.2. The van der Waals surface area contributed by atoms with Gasteiger partial charge in [0.25, 0.3) is 0 Å². The number of nitrogens with zero attached hydrogens (tertiary/aromatic N) is 1. The Morgan fingerprint density at radius 2 is 0.766 bits per heavy atom. The van der Waals surface area contributed by atoms with Crippen LogP contribution in [0, 0.1) is 0 Å². The van der Waals surface area contributed by atoms with Gasteiger partial charge >= 0.3 is 17.9 Å². The van der Waals surface area contributed by atoms with Crippen LogP contribution in [0.4, 0.5) is 0 Å². The van der Waals surface area contributed by atoms with Gasteiger partial charge in [-0.05, 0) is 124 Å². The molecule has 13 unspecified atom stereocenters. The number of aliphatic hydroxyl groups excluding tert-OH is 5. The van der Waals surface area contributed by atoms with Gasteiger partial charge in [-0.15, -0.1) is 0 Å². The Kier molecular flexibility index (Phi) is 58.6. The van der Waals surface area contributed by atoms with E-state index < -0.39 is 133 Å². The van der Waals surface area contributed by atoms with Crippen molar-refractivity contribution in [3.63, 3.8) is 0 Å². The molecule has 19 N–H and O–H groups in total. The van der Waals surface area contributed by atoms with Gasteiger partial charge in [0, 0.05) is 175 Å². The summed E-state index contributed by atoms with van der Waals surface area (Å²) in [4.78, 5) is 155. The van der Waals surface area contributed by atoms with Crippen LogP contribution in [0.3, 0.4) is 0 Å². The van der Waals surface area contributed by atoms with Crippen LogP contribution in [0.5, 0.6) is 11.5 Å². The molecule has 4 aliphatic rings. The number of carbonyl (C=O) groups is 12. The van der Waals surface area contributed by atoms with E-state index in [1.54, 1.807) is 40.7 Å². The average molecular weight is 2090 g/mol. The molecule has 0 aliphatic carbocycles. The molecule has 4 aliphatic heterocycles. The van der Waals surface area contributed by atoms with Gasteiger partial charge in [0.05, 0.1) is 115 Å². The predicted molar refractivity (Wildman–Crippen MR) is 532 cm³/mol. The number of benzene rings is 3. The van der Waals surface area contributed by atoms with E-state index in [1.165, 1.54) is 20.8 Å². The molecule has 0 spiro atoms. The number of carbonyl (C=O) groups excluding carboxylic acids is 12. The highest BCUT2D eigenvalue weighted by molar-refractivity contribution is 8.76. The average Bonchev–Trinajstić information content (AvgIpc) is 1.33. The third kappa shape index (κ3) is 47.1. The Labute approximate surface area is 856 Å². The summed E-state index contributed by atoms with van der Waals surface area (Å²) in [6.45, 7) is 4.43. The van der Waals surface area contributed by atoms with Crippen molar-refractivity contribution in [3.8, 4) is 11.5 Å². The molecule has 44 nitrogen and oxygen atoms in total. The lowest BCUT2D eigenvalue weighted by atomic mass is 9.80. The molecule has 7 rings (SSSR count). The van der Waals surface area contributed by atoms with E-state index in [9.17, 15) is 83.1 Å². The summed E-state index contributed by atoms with van der Waals surface area (Å²) in [7, 11) is 6.35. The highest BCUT2D eigenvalue weighted by atomic mass is 33.1. The lowest BCUT2D eigenvalue weighted by Crippen LogP contribution is -2.62. The Hall–Kier alpha value is -9.12. The van der Waals surface area contributed by atoms with Crippen molar-refractivity contribution in [2.75, 3.05) is 164 Å². The number of ether oxygens (including phenoxy) is 15. The van der Waals surface area contributed by atoms with Crippen LogP contribution in [0.25, 0.3) is 0 Å². The molecule has 9 amide bonds. The van der Waals surface area contributed by atoms with Gasteiger partial charge < -0.3 is 161 Å². The molecule has 4 heterocycles. The van der Waals surface area contributed by atoms with Crippen molar-refractivity contribution in [1.29, 1.82) is 0 Å². The Morgan fingerprint density at radius 1 is 0.393 bits per heavy atom. The van der Waals surface area contributed by atoms with Crippen LogP contribution in [0.1, 0.15) is 192 Å². The third-order valence-corrected chi connectivity index (χ3v) is 26.7. The molecule has 15 atom stereocenters. The minimum absolute atomic E-state index is 0.0574. The lowest BCUT2D eigenvalue weighted by molar-refractivity contribution is -0.267. The summed E-state index contributed by atoms with van der Waals surface area (Å²) < 4.78 is 86.1. The van der Waals surface area contributed by atoms with Crippen molar-refractivity contribution < 1.29 is 154 Å². The second kappa shape index (κ2) is 69.2. The van der Waals surface area contributed by atoms with Gasteiger partial charge in [-0.2, -0.15) is 0 Å². The number of rotatable bonds is 73. The third-order valence-electron chi connectivity index (χ3n) is 24.2. The number of nitrogens with two attached hydrogens (primary N) is 3. The zero-order valence-electron chi connectivity index (χ0n) is 84.2. The van der Waals surface area contributed by atoms with E-state index in [1.807, 2.05) is 78.9 Å². The Balaban J connectivity index is 0.883. The number of amides is 9. The molecule has 145 heavy (non-hydrogen) atoms. The molecular weight excluding hydrogens is 1930 g/mol. The maximum atomic E-state index is 14.2. The highest BCUT2D eigenvalue weighted by Gasteiger charge is 2.46. The summed E-state index contributed by atoms with van der Waals surface area (Å²) in [5, 5.41) is 75.5. The summed E-state index contributed by atoms with van der Waals surface area (Å²) in [6, 6.07) is 22.1. The van der Waals surface area contributed by atoms with Crippen LogP contribution in [0.2, 0.25) is 0 Å². The molecule has 816 valence electrons. The van der Waals surface area contributed by atoms with Crippen LogP contribution >= 0.6 is 21.6 Å². The molecule has 0 bridgehead atoms. The van der Waals surface area contributed by atoms with Crippen LogP contribution in [-0.4, -0.2) is 363 Å². The first-order chi connectivity index (χ1) is 69.8. The summed E-state index contributed by atoms with van der Waals surface area (Å²) in [6.07, 6.45) is -4.49. The molecular formula is C99H156N12O32S2. The van der Waals surface area contributed by atoms with Crippen molar-refractivity contribution in [2.45, 2.75) is 278 Å².